The third-order valence-electron chi connectivity index (χ3n) is 4.37. The molecule has 2 aromatic heterocycles. The van der Waals surface area contributed by atoms with Gasteiger partial charge in [0.15, 0.2) is 0 Å². The van der Waals surface area contributed by atoms with Gasteiger partial charge in [-0.25, -0.2) is 23.4 Å². The molecule has 4 aromatic rings. The van der Waals surface area contributed by atoms with Crippen molar-refractivity contribution in [3.8, 4) is 0 Å². The summed E-state index contributed by atoms with van der Waals surface area (Å²) in [6, 6.07) is 19.2. The topological polar surface area (TPSA) is 109 Å². The SMILES string of the molecule is Cc1ccnc(Nc2cc(Nc3ccc(NS(=O)(=O)c4ccc(I)cc4)cc3)ncn2)c1. The van der Waals surface area contributed by atoms with Gasteiger partial charge in [-0.05, 0) is 95.7 Å². The van der Waals surface area contributed by atoms with Crippen LogP contribution in [0.2, 0.25) is 0 Å². The second kappa shape index (κ2) is 9.49. The lowest BCUT2D eigenvalue weighted by molar-refractivity contribution is 0.601. The van der Waals surface area contributed by atoms with Crippen molar-refractivity contribution in [3.63, 3.8) is 0 Å². The molecule has 0 amide bonds. The summed E-state index contributed by atoms with van der Waals surface area (Å²) < 4.78 is 28.6. The zero-order valence-electron chi connectivity index (χ0n) is 16.9. The molecule has 0 fully saturated rings. The number of rotatable bonds is 7. The third-order valence-corrected chi connectivity index (χ3v) is 6.49. The van der Waals surface area contributed by atoms with Crippen LogP contribution < -0.4 is 15.4 Å². The van der Waals surface area contributed by atoms with E-state index in [0.29, 0.717) is 23.1 Å². The highest BCUT2D eigenvalue weighted by Crippen LogP contribution is 2.22. The summed E-state index contributed by atoms with van der Waals surface area (Å²) >= 11 is 2.13. The summed E-state index contributed by atoms with van der Waals surface area (Å²) in [5.74, 6) is 1.88. The van der Waals surface area contributed by atoms with E-state index >= 15 is 0 Å². The number of nitrogens with one attached hydrogen (secondary N) is 3. The number of hydrogen-bond donors (Lipinski definition) is 3. The number of pyridine rings is 1. The van der Waals surface area contributed by atoms with Crippen molar-refractivity contribution < 1.29 is 8.42 Å². The van der Waals surface area contributed by atoms with E-state index < -0.39 is 10.0 Å². The fraction of sp³-hybridized carbons (Fsp3) is 0.0455. The van der Waals surface area contributed by atoms with Gasteiger partial charge < -0.3 is 10.6 Å². The molecule has 4 rings (SSSR count). The zero-order valence-corrected chi connectivity index (χ0v) is 19.9. The Balaban J connectivity index is 1.43. The highest BCUT2D eigenvalue weighted by molar-refractivity contribution is 14.1. The number of aromatic nitrogens is 3. The first-order valence-electron chi connectivity index (χ1n) is 9.55. The molecule has 3 N–H and O–H groups in total. The van der Waals surface area contributed by atoms with Crippen LogP contribution in [-0.4, -0.2) is 23.4 Å². The normalized spacial score (nSPS) is 11.1. The second-order valence-electron chi connectivity index (χ2n) is 6.89. The maximum Gasteiger partial charge on any atom is 0.261 e. The van der Waals surface area contributed by atoms with Crippen molar-refractivity contribution in [2.75, 3.05) is 15.4 Å². The van der Waals surface area contributed by atoms with Gasteiger partial charge in [0, 0.05) is 27.2 Å². The number of sulfonamides is 1. The van der Waals surface area contributed by atoms with E-state index in [9.17, 15) is 8.42 Å². The Labute approximate surface area is 199 Å². The van der Waals surface area contributed by atoms with Gasteiger partial charge >= 0.3 is 0 Å². The minimum absolute atomic E-state index is 0.212. The van der Waals surface area contributed by atoms with Crippen LogP contribution in [0.15, 0.2) is 84.1 Å². The van der Waals surface area contributed by atoms with Crippen LogP contribution >= 0.6 is 22.6 Å². The van der Waals surface area contributed by atoms with Crippen molar-refractivity contribution >= 4 is 61.4 Å². The molecule has 0 aliphatic carbocycles. The first-order chi connectivity index (χ1) is 15.4. The van der Waals surface area contributed by atoms with Crippen LogP contribution in [0.5, 0.6) is 0 Å². The quantitative estimate of drug-likeness (QED) is 0.272. The van der Waals surface area contributed by atoms with Crippen LogP contribution in [0.1, 0.15) is 5.56 Å². The number of nitrogens with zero attached hydrogens (tertiary/aromatic N) is 3. The smallest absolute Gasteiger partial charge is 0.261 e. The lowest BCUT2D eigenvalue weighted by atomic mass is 10.3. The molecule has 2 aromatic carbocycles. The van der Waals surface area contributed by atoms with Gasteiger partial charge in [0.1, 0.15) is 23.8 Å². The minimum Gasteiger partial charge on any atom is -0.340 e. The van der Waals surface area contributed by atoms with Gasteiger partial charge in [-0.1, -0.05) is 0 Å². The fourth-order valence-corrected chi connectivity index (χ4v) is 4.25. The Hall–Kier alpha value is -3.25. The number of hydrogen-bond acceptors (Lipinski definition) is 7. The average molecular weight is 558 g/mol. The Morgan fingerprint density at radius 3 is 2.06 bits per heavy atom. The van der Waals surface area contributed by atoms with Gasteiger partial charge in [0.05, 0.1) is 4.90 Å². The van der Waals surface area contributed by atoms with Crippen LogP contribution in [-0.2, 0) is 10.0 Å². The number of benzene rings is 2. The van der Waals surface area contributed by atoms with Crippen molar-refractivity contribution in [1.82, 2.24) is 15.0 Å². The molecule has 8 nitrogen and oxygen atoms in total. The van der Waals surface area contributed by atoms with E-state index in [1.165, 1.54) is 6.33 Å². The number of anilines is 5. The lowest BCUT2D eigenvalue weighted by Crippen LogP contribution is -2.12. The van der Waals surface area contributed by atoms with E-state index in [0.717, 1.165) is 14.8 Å². The molecule has 0 saturated carbocycles. The largest absolute Gasteiger partial charge is 0.340 e. The molecule has 0 unspecified atom stereocenters. The molecule has 0 saturated heterocycles. The summed E-state index contributed by atoms with van der Waals surface area (Å²) in [5, 5.41) is 6.33. The fourth-order valence-electron chi connectivity index (χ4n) is 2.83. The number of halogens is 1. The van der Waals surface area contributed by atoms with Gasteiger partial charge in [-0.15, -0.1) is 0 Å². The van der Waals surface area contributed by atoms with Crippen LogP contribution in [0.4, 0.5) is 28.8 Å². The molecular formula is C22H19IN6O2S. The third kappa shape index (κ3) is 5.71. The molecule has 0 aliphatic heterocycles. The predicted octanol–water partition coefficient (Wildman–Crippen LogP) is 5.07. The summed E-state index contributed by atoms with van der Waals surface area (Å²) in [6.45, 7) is 1.99. The monoisotopic (exact) mass is 558 g/mol. The predicted molar refractivity (Wildman–Crippen MR) is 134 cm³/mol. The van der Waals surface area contributed by atoms with E-state index in [2.05, 4.69) is 52.9 Å². The van der Waals surface area contributed by atoms with Crippen LogP contribution in [0, 0.1) is 10.5 Å². The highest BCUT2D eigenvalue weighted by atomic mass is 127. The van der Waals surface area contributed by atoms with Crippen molar-refractivity contribution in [2.24, 2.45) is 0 Å². The summed E-state index contributed by atoms with van der Waals surface area (Å²) in [5.41, 5.74) is 2.30. The maximum absolute atomic E-state index is 12.5. The molecule has 0 aliphatic rings. The molecule has 162 valence electrons. The van der Waals surface area contributed by atoms with Gasteiger partial charge in [-0.2, -0.15) is 0 Å². The lowest BCUT2D eigenvalue weighted by Gasteiger charge is -2.11. The molecule has 0 radical (unpaired) electrons. The summed E-state index contributed by atoms with van der Waals surface area (Å²) in [4.78, 5) is 12.9. The van der Waals surface area contributed by atoms with Gasteiger partial charge in [0.2, 0.25) is 0 Å². The molecule has 0 bridgehead atoms. The molecule has 32 heavy (non-hydrogen) atoms. The molecule has 0 atom stereocenters. The minimum atomic E-state index is -3.65. The van der Waals surface area contributed by atoms with Gasteiger partial charge in [-0.3, -0.25) is 4.72 Å². The number of aryl methyl sites for hydroxylation is 1. The van der Waals surface area contributed by atoms with E-state index in [1.807, 2.05) is 19.1 Å². The molecule has 10 heteroatoms. The molecular weight excluding hydrogens is 539 g/mol. The summed E-state index contributed by atoms with van der Waals surface area (Å²) in [7, 11) is -3.65. The van der Waals surface area contributed by atoms with Crippen molar-refractivity contribution in [2.45, 2.75) is 11.8 Å². The van der Waals surface area contributed by atoms with Crippen molar-refractivity contribution in [3.05, 3.63) is 88.4 Å². The Kier molecular flexibility index (Phi) is 6.51. The van der Waals surface area contributed by atoms with Gasteiger partial charge in [0.25, 0.3) is 10.0 Å². The zero-order chi connectivity index (χ0) is 22.6. The summed E-state index contributed by atoms with van der Waals surface area (Å²) in [6.07, 6.45) is 3.18. The van der Waals surface area contributed by atoms with Crippen LogP contribution in [0.3, 0.4) is 0 Å². The van der Waals surface area contributed by atoms with Crippen molar-refractivity contribution in [1.29, 1.82) is 0 Å². The molecule has 0 spiro atoms. The highest BCUT2D eigenvalue weighted by Gasteiger charge is 2.13. The Morgan fingerprint density at radius 1 is 0.750 bits per heavy atom. The average Bonchev–Trinajstić information content (AvgIpc) is 2.76. The van der Waals surface area contributed by atoms with E-state index in [1.54, 1.807) is 60.8 Å². The second-order valence-corrected chi connectivity index (χ2v) is 9.82. The standard InChI is InChI=1S/C22H19IN6O2S/c1-15-10-11-24-20(12-15)28-22-13-21(25-14-26-22)27-17-4-6-18(7-5-17)29-32(30,31)19-8-2-16(23)3-9-19/h2-14,29H,1H3,(H2,24,25,26,27,28). The maximum atomic E-state index is 12.5. The first-order valence-corrected chi connectivity index (χ1v) is 12.1. The van der Waals surface area contributed by atoms with E-state index in [-0.39, 0.29) is 4.90 Å². The Morgan fingerprint density at radius 2 is 1.38 bits per heavy atom. The van der Waals surface area contributed by atoms with Crippen LogP contribution in [0.25, 0.3) is 0 Å². The molecule has 2 heterocycles. The Bertz CT molecular complexity index is 1330. The van der Waals surface area contributed by atoms with E-state index in [4.69, 9.17) is 0 Å². The first kappa shape index (κ1) is 22.0.